The van der Waals surface area contributed by atoms with Gasteiger partial charge in [0, 0.05) is 5.56 Å². The number of carbonyl (C=O) groups is 2. The molecule has 0 unspecified atom stereocenters. The molecule has 0 amide bonds. The predicted octanol–water partition coefficient (Wildman–Crippen LogP) is 2.15. The van der Waals surface area contributed by atoms with Crippen LogP contribution in [0.4, 0.5) is 8.78 Å². The summed E-state index contributed by atoms with van der Waals surface area (Å²) < 4.78 is 33.0. The van der Waals surface area contributed by atoms with Crippen molar-refractivity contribution < 1.29 is 27.8 Å². The molecule has 0 N–H and O–H groups in total. The number of esters is 1. The Morgan fingerprint density at radius 3 is 2.68 bits per heavy atom. The zero-order valence-electron chi connectivity index (χ0n) is 9.85. The Morgan fingerprint density at radius 1 is 1.53 bits per heavy atom. The fourth-order valence-electron chi connectivity index (χ4n) is 1.42. The first-order valence-corrected chi connectivity index (χ1v) is 5.18. The van der Waals surface area contributed by atoms with E-state index in [4.69, 9.17) is 10.00 Å². The molecule has 0 aromatic heterocycles. The molecule has 100 valence electrons. The maximum Gasteiger partial charge on any atom is 0.387 e. The highest BCUT2D eigenvalue weighted by Crippen LogP contribution is 2.23. The Morgan fingerprint density at radius 2 is 2.21 bits per heavy atom. The van der Waals surface area contributed by atoms with E-state index in [1.54, 1.807) is 13.0 Å². The van der Waals surface area contributed by atoms with Gasteiger partial charge in [-0.2, -0.15) is 14.0 Å². The van der Waals surface area contributed by atoms with Gasteiger partial charge in [-0.15, -0.1) is 0 Å². The molecule has 19 heavy (non-hydrogen) atoms. The molecule has 0 aliphatic rings. The van der Waals surface area contributed by atoms with Gasteiger partial charge < -0.3 is 9.47 Å². The molecule has 0 fully saturated rings. The molecule has 0 saturated heterocycles. The lowest BCUT2D eigenvalue weighted by Crippen LogP contribution is -2.12. The van der Waals surface area contributed by atoms with E-state index in [0.717, 1.165) is 12.1 Å². The zero-order chi connectivity index (χ0) is 14.4. The summed E-state index contributed by atoms with van der Waals surface area (Å²) in [7, 11) is 0. The van der Waals surface area contributed by atoms with Crippen LogP contribution in [0.1, 0.15) is 33.2 Å². The standard InChI is InChI=1S/C12H9F2NO4/c1-2-18-11(17)10-7(5-15)3-9(19-12(13)14)4-8(10)6-16/h3-4,6,12H,2H2,1H3. The molecule has 0 radical (unpaired) electrons. The summed E-state index contributed by atoms with van der Waals surface area (Å²) in [6.45, 7) is -1.49. The molecule has 1 aromatic carbocycles. The van der Waals surface area contributed by atoms with Gasteiger partial charge in [-0.25, -0.2) is 4.79 Å². The number of benzene rings is 1. The normalized spacial score (nSPS) is 9.84. The number of nitriles is 1. The van der Waals surface area contributed by atoms with Crippen LogP contribution in [0.15, 0.2) is 12.1 Å². The fraction of sp³-hybridized carbons (Fsp3) is 0.250. The molecule has 0 aliphatic heterocycles. The predicted molar refractivity (Wildman–Crippen MR) is 59.1 cm³/mol. The van der Waals surface area contributed by atoms with E-state index in [9.17, 15) is 18.4 Å². The molecule has 7 heteroatoms. The summed E-state index contributed by atoms with van der Waals surface area (Å²) in [5.74, 6) is -1.24. The zero-order valence-corrected chi connectivity index (χ0v) is 9.85. The average molecular weight is 269 g/mol. The van der Waals surface area contributed by atoms with Gasteiger partial charge in [0.25, 0.3) is 0 Å². The maximum atomic E-state index is 12.1. The van der Waals surface area contributed by atoms with Crippen molar-refractivity contribution in [2.24, 2.45) is 0 Å². The van der Waals surface area contributed by atoms with Gasteiger partial charge in [0.2, 0.25) is 0 Å². The van der Waals surface area contributed by atoms with Gasteiger partial charge >= 0.3 is 12.6 Å². The van der Waals surface area contributed by atoms with Gasteiger partial charge in [-0.1, -0.05) is 0 Å². The summed E-state index contributed by atoms with van der Waals surface area (Å²) in [5, 5.41) is 8.90. The second-order valence-electron chi connectivity index (χ2n) is 3.26. The van der Waals surface area contributed by atoms with Crippen molar-refractivity contribution in [1.29, 1.82) is 5.26 Å². The monoisotopic (exact) mass is 269 g/mol. The number of halogens is 2. The molecular weight excluding hydrogens is 260 g/mol. The molecule has 0 bridgehead atoms. The Kier molecular flexibility index (Phi) is 4.94. The number of hydrogen-bond donors (Lipinski definition) is 0. The van der Waals surface area contributed by atoms with Crippen molar-refractivity contribution in [2.75, 3.05) is 6.61 Å². The highest BCUT2D eigenvalue weighted by molar-refractivity contribution is 6.00. The van der Waals surface area contributed by atoms with Crippen molar-refractivity contribution in [3.63, 3.8) is 0 Å². The molecule has 1 rings (SSSR count). The maximum absolute atomic E-state index is 12.1. The Hall–Kier alpha value is -2.49. The third-order valence-corrected chi connectivity index (χ3v) is 2.09. The summed E-state index contributed by atoms with van der Waals surface area (Å²) in [4.78, 5) is 22.5. The van der Waals surface area contributed by atoms with Crippen molar-refractivity contribution >= 4 is 12.3 Å². The van der Waals surface area contributed by atoms with Crippen molar-refractivity contribution in [3.05, 3.63) is 28.8 Å². The quantitative estimate of drug-likeness (QED) is 0.604. The lowest BCUT2D eigenvalue weighted by atomic mass is 10.0. The van der Waals surface area contributed by atoms with E-state index in [2.05, 4.69) is 4.74 Å². The molecule has 1 aromatic rings. The number of hydrogen-bond acceptors (Lipinski definition) is 5. The van der Waals surface area contributed by atoms with Crippen LogP contribution in [0.3, 0.4) is 0 Å². The van der Waals surface area contributed by atoms with Gasteiger partial charge in [0.1, 0.15) is 11.8 Å². The third-order valence-electron chi connectivity index (χ3n) is 2.09. The van der Waals surface area contributed by atoms with Crippen LogP contribution in [0, 0.1) is 11.3 Å². The molecule has 0 atom stereocenters. The Bertz CT molecular complexity index is 537. The molecule has 0 aliphatic carbocycles. The summed E-state index contributed by atoms with van der Waals surface area (Å²) in [5.41, 5.74) is -0.771. The van der Waals surface area contributed by atoms with Crippen LogP contribution < -0.4 is 4.74 Å². The second-order valence-corrected chi connectivity index (χ2v) is 3.26. The molecule has 5 nitrogen and oxygen atoms in total. The highest BCUT2D eigenvalue weighted by Gasteiger charge is 2.20. The average Bonchev–Trinajstić information content (AvgIpc) is 2.36. The minimum atomic E-state index is -3.10. The van der Waals surface area contributed by atoms with Crippen LogP contribution in [0.25, 0.3) is 0 Å². The summed E-state index contributed by atoms with van der Waals surface area (Å²) in [6, 6.07) is 3.54. The van der Waals surface area contributed by atoms with Gasteiger partial charge in [-0.05, 0) is 19.1 Å². The van der Waals surface area contributed by atoms with Crippen LogP contribution in [0.2, 0.25) is 0 Å². The fourth-order valence-corrected chi connectivity index (χ4v) is 1.42. The van der Waals surface area contributed by atoms with Gasteiger partial charge in [-0.3, -0.25) is 4.79 Å². The number of nitrogens with zero attached hydrogens (tertiary/aromatic N) is 1. The first-order valence-electron chi connectivity index (χ1n) is 5.18. The summed E-state index contributed by atoms with van der Waals surface area (Å²) in [6.07, 6.45) is 0.269. The number of aldehydes is 1. The first-order chi connectivity index (χ1) is 9.03. The minimum absolute atomic E-state index is 0.0529. The van der Waals surface area contributed by atoms with Gasteiger partial charge in [0.15, 0.2) is 6.29 Å². The van der Waals surface area contributed by atoms with E-state index in [-0.39, 0.29) is 35.3 Å². The van der Waals surface area contributed by atoms with E-state index < -0.39 is 12.6 Å². The number of ether oxygens (including phenoxy) is 2. The lowest BCUT2D eigenvalue weighted by Gasteiger charge is -2.10. The highest BCUT2D eigenvalue weighted by atomic mass is 19.3. The second kappa shape index (κ2) is 6.44. The Balaban J connectivity index is 3.34. The van der Waals surface area contributed by atoms with Crippen LogP contribution in [0.5, 0.6) is 5.75 Å². The lowest BCUT2D eigenvalue weighted by molar-refractivity contribution is -0.0498. The van der Waals surface area contributed by atoms with Crippen molar-refractivity contribution in [3.8, 4) is 11.8 Å². The summed E-state index contributed by atoms with van der Waals surface area (Å²) >= 11 is 0. The largest absolute Gasteiger partial charge is 0.462 e. The van der Waals surface area contributed by atoms with E-state index >= 15 is 0 Å². The number of carbonyl (C=O) groups excluding carboxylic acids is 2. The topological polar surface area (TPSA) is 76.4 Å². The van der Waals surface area contributed by atoms with E-state index in [1.807, 2.05) is 0 Å². The van der Waals surface area contributed by atoms with Gasteiger partial charge in [0.05, 0.1) is 17.7 Å². The third kappa shape index (κ3) is 3.48. The minimum Gasteiger partial charge on any atom is -0.462 e. The molecule has 0 heterocycles. The molecular formula is C12H9F2NO4. The van der Waals surface area contributed by atoms with Crippen LogP contribution in [-0.4, -0.2) is 25.5 Å². The first kappa shape index (κ1) is 14.6. The smallest absolute Gasteiger partial charge is 0.387 e. The number of alkyl halides is 2. The number of rotatable bonds is 5. The van der Waals surface area contributed by atoms with Crippen LogP contribution in [-0.2, 0) is 4.74 Å². The van der Waals surface area contributed by atoms with Crippen molar-refractivity contribution in [1.82, 2.24) is 0 Å². The molecule has 0 spiro atoms. The van der Waals surface area contributed by atoms with Crippen LogP contribution >= 0.6 is 0 Å². The van der Waals surface area contributed by atoms with Crippen molar-refractivity contribution in [2.45, 2.75) is 13.5 Å². The SMILES string of the molecule is CCOC(=O)c1c(C#N)cc(OC(F)F)cc1C=O. The van der Waals surface area contributed by atoms with E-state index in [0.29, 0.717) is 0 Å². The Labute approximate surface area is 107 Å². The molecule has 0 saturated carbocycles. The van der Waals surface area contributed by atoms with E-state index in [1.165, 1.54) is 0 Å².